The quantitative estimate of drug-likeness (QED) is 0.923. The van der Waals surface area contributed by atoms with Crippen LogP contribution in [-0.2, 0) is 13.6 Å². The minimum absolute atomic E-state index is 0.553. The Morgan fingerprint density at radius 2 is 2.29 bits per heavy atom. The minimum Gasteiger partial charge on any atom is -0.380 e. The van der Waals surface area contributed by atoms with E-state index in [1.807, 2.05) is 0 Å². The Hall–Kier alpha value is -1.21. The fraction of sp³-hybridized carbons (Fsp3) is 0.500. The zero-order chi connectivity index (χ0) is 12.4. The number of nitrogens with zero attached hydrogens (tertiary/aromatic N) is 5. The van der Waals surface area contributed by atoms with Crippen molar-refractivity contribution in [3.05, 3.63) is 28.3 Å². The summed E-state index contributed by atoms with van der Waals surface area (Å²) < 4.78 is 3.90. The van der Waals surface area contributed by atoms with Crippen LogP contribution in [0.5, 0.6) is 0 Å². The molecule has 0 aliphatic heterocycles. The van der Waals surface area contributed by atoms with E-state index < -0.39 is 6.10 Å². The molecule has 2 aromatic rings. The standard InChI is InChI=1S/C10H14BrN5O/c1-3-6-16-7(4-5-12-16)9(17)8-10(11)13-14-15(8)2/h4-5,9,17H,3,6H2,1-2H3. The third-order valence-corrected chi connectivity index (χ3v) is 3.12. The van der Waals surface area contributed by atoms with Gasteiger partial charge in [-0.05, 0) is 28.4 Å². The molecule has 0 bridgehead atoms. The minimum atomic E-state index is -0.779. The molecule has 6 nitrogen and oxygen atoms in total. The topological polar surface area (TPSA) is 68.8 Å². The highest BCUT2D eigenvalue weighted by molar-refractivity contribution is 9.10. The first kappa shape index (κ1) is 12.3. The molecule has 1 atom stereocenters. The molecule has 2 rings (SSSR count). The second-order valence-electron chi connectivity index (χ2n) is 3.77. The Bertz CT molecular complexity index is 487. The Labute approximate surface area is 107 Å². The summed E-state index contributed by atoms with van der Waals surface area (Å²) in [6, 6.07) is 1.81. The average molecular weight is 300 g/mol. The van der Waals surface area contributed by atoms with Gasteiger partial charge in [-0.25, -0.2) is 4.68 Å². The fourth-order valence-corrected chi connectivity index (χ4v) is 2.29. The summed E-state index contributed by atoms with van der Waals surface area (Å²) in [6.07, 6.45) is 1.87. The number of aliphatic hydroxyl groups is 1. The first-order chi connectivity index (χ1) is 8.15. The summed E-state index contributed by atoms with van der Waals surface area (Å²) in [7, 11) is 1.75. The fourth-order valence-electron chi connectivity index (χ4n) is 1.74. The molecular formula is C10H14BrN5O. The molecule has 0 saturated heterocycles. The number of aliphatic hydroxyl groups excluding tert-OH is 1. The molecule has 0 radical (unpaired) electrons. The van der Waals surface area contributed by atoms with E-state index in [2.05, 4.69) is 38.3 Å². The van der Waals surface area contributed by atoms with Crippen LogP contribution in [0.1, 0.15) is 30.8 Å². The van der Waals surface area contributed by atoms with Crippen LogP contribution in [0.25, 0.3) is 0 Å². The maximum Gasteiger partial charge on any atom is 0.154 e. The lowest BCUT2D eigenvalue weighted by Crippen LogP contribution is -2.13. The molecule has 0 aliphatic carbocycles. The van der Waals surface area contributed by atoms with Crippen molar-refractivity contribution in [3.8, 4) is 0 Å². The number of rotatable bonds is 4. The second kappa shape index (κ2) is 4.97. The van der Waals surface area contributed by atoms with Gasteiger partial charge in [0.25, 0.3) is 0 Å². The molecule has 0 aromatic carbocycles. The SMILES string of the molecule is CCCn1nccc1C(O)c1c(Br)nnn1C. The van der Waals surface area contributed by atoms with Crippen LogP contribution in [-0.4, -0.2) is 29.9 Å². The zero-order valence-corrected chi connectivity index (χ0v) is 11.3. The largest absolute Gasteiger partial charge is 0.380 e. The van der Waals surface area contributed by atoms with Crippen LogP contribution in [0, 0.1) is 0 Å². The second-order valence-corrected chi connectivity index (χ2v) is 4.52. The summed E-state index contributed by atoms with van der Waals surface area (Å²) in [4.78, 5) is 0. The van der Waals surface area contributed by atoms with Crippen molar-refractivity contribution < 1.29 is 5.11 Å². The summed E-state index contributed by atoms with van der Waals surface area (Å²) in [5.41, 5.74) is 1.38. The van der Waals surface area contributed by atoms with E-state index in [9.17, 15) is 5.11 Å². The Balaban J connectivity index is 2.37. The van der Waals surface area contributed by atoms with Crippen molar-refractivity contribution >= 4 is 15.9 Å². The number of hydrogen-bond donors (Lipinski definition) is 1. The molecule has 1 N–H and O–H groups in total. The predicted octanol–water partition coefficient (Wildman–Crippen LogP) is 1.27. The molecule has 0 fully saturated rings. The van der Waals surface area contributed by atoms with Crippen LogP contribution < -0.4 is 0 Å². The van der Waals surface area contributed by atoms with Crippen molar-refractivity contribution in [2.75, 3.05) is 0 Å². The molecule has 1 unspecified atom stereocenters. The number of aryl methyl sites for hydroxylation is 2. The van der Waals surface area contributed by atoms with Gasteiger partial charge in [-0.15, -0.1) is 5.10 Å². The van der Waals surface area contributed by atoms with Gasteiger partial charge in [-0.2, -0.15) is 5.10 Å². The van der Waals surface area contributed by atoms with Gasteiger partial charge in [0, 0.05) is 19.8 Å². The van der Waals surface area contributed by atoms with Crippen LogP contribution in [0.3, 0.4) is 0 Å². The molecule has 0 saturated carbocycles. The summed E-state index contributed by atoms with van der Waals surface area (Å²) >= 11 is 3.28. The molecular weight excluding hydrogens is 286 g/mol. The van der Waals surface area contributed by atoms with Gasteiger partial charge in [0.1, 0.15) is 11.8 Å². The molecule has 2 aromatic heterocycles. The summed E-state index contributed by atoms with van der Waals surface area (Å²) in [5, 5.41) is 22.3. The van der Waals surface area contributed by atoms with Crippen LogP contribution in [0.4, 0.5) is 0 Å². The summed E-state index contributed by atoms with van der Waals surface area (Å²) in [6.45, 7) is 2.85. The maximum atomic E-state index is 10.3. The highest BCUT2D eigenvalue weighted by Gasteiger charge is 2.22. The van der Waals surface area contributed by atoms with Gasteiger partial charge in [0.15, 0.2) is 4.60 Å². The van der Waals surface area contributed by atoms with Crippen molar-refractivity contribution in [2.24, 2.45) is 7.05 Å². The molecule has 0 amide bonds. The van der Waals surface area contributed by atoms with Crippen molar-refractivity contribution in [3.63, 3.8) is 0 Å². The molecule has 2 heterocycles. The lowest BCUT2D eigenvalue weighted by atomic mass is 10.2. The van der Waals surface area contributed by atoms with E-state index in [4.69, 9.17) is 0 Å². The van der Waals surface area contributed by atoms with Crippen LogP contribution in [0.2, 0.25) is 0 Å². The van der Waals surface area contributed by atoms with Gasteiger partial charge < -0.3 is 5.11 Å². The monoisotopic (exact) mass is 299 g/mol. The molecule has 0 aliphatic rings. The molecule has 7 heteroatoms. The number of hydrogen-bond acceptors (Lipinski definition) is 4. The number of halogens is 1. The van der Waals surface area contributed by atoms with Crippen LogP contribution in [0.15, 0.2) is 16.9 Å². The van der Waals surface area contributed by atoms with E-state index in [0.29, 0.717) is 10.3 Å². The Kier molecular flexibility index (Phi) is 3.58. The lowest BCUT2D eigenvalue weighted by Gasteiger charge is -2.13. The molecule has 17 heavy (non-hydrogen) atoms. The molecule has 92 valence electrons. The summed E-state index contributed by atoms with van der Waals surface area (Å²) in [5.74, 6) is 0. The van der Waals surface area contributed by atoms with E-state index in [-0.39, 0.29) is 0 Å². The lowest BCUT2D eigenvalue weighted by molar-refractivity contribution is 0.196. The number of aromatic nitrogens is 5. The van der Waals surface area contributed by atoms with E-state index >= 15 is 0 Å². The molecule has 0 spiro atoms. The first-order valence-corrected chi connectivity index (χ1v) is 6.19. The van der Waals surface area contributed by atoms with E-state index in [1.54, 1.807) is 28.7 Å². The van der Waals surface area contributed by atoms with Gasteiger partial charge in [0.05, 0.1) is 5.69 Å². The van der Waals surface area contributed by atoms with Crippen molar-refractivity contribution in [1.82, 2.24) is 24.8 Å². The van der Waals surface area contributed by atoms with Gasteiger partial charge in [-0.3, -0.25) is 4.68 Å². The zero-order valence-electron chi connectivity index (χ0n) is 9.71. The van der Waals surface area contributed by atoms with E-state index in [1.165, 1.54) is 0 Å². The smallest absolute Gasteiger partial charge is 0.154 e. The van der Waals surface area contributed by atoms with E-state index in [0.717, 1.165) is 18.7 Å². The highest BCUT2D eigenvalue weighted by Crippen LogP contribution is 2.26. The highest BCUT2D eigenvalue weighted by atomic mass is 79.9. The van der Waals surface area contributed by atoms with Gasteiger partial charge in [0.2, 0.25) is 0 Å². The average Bonchev–Trinajstić information content (AvgIpc) is 2.86. The maximum absolute atomic E-state index is 10.3. The van der Waals surface area contributed by atoms with Crippen LogP contribution >= 0.6 is 15.9 Å². The third-order valence-electron chi connectivity index (χ3n) is 2.55. The van der Waals surface area contributed by atoms with Gasteiger partial charge >= 0.3 is 0 Å². The third kappa shape index (κ3) is 2.25. The van der Waals surface area contributed by atoms with Gasteiger partial charge in [-0.1, -0.05) is 12.1 Å². The van der Waals surface area contributed by atoms with Crippen molar-refractivity contribution in [1.29, 1.82) is 0 Å². The Morgan fingerprint density at radius 1 is 1.53 bits per heavy atom. The Morgan fingerprint density at radius 3 is 2.88 bits per heavy atom. The normalized spacial score (nSPS) is 12.9. The van der Waals surface area contributed by atoms with Crippen molar-refractivity contribution in [2.45, 2.75) is 26.0 Å². The first-order valence-electron chi connectivity index (χ1n) is 5.40. The predicted molar refractivity (Wildman–Crippen MR) is 65.3 cm³/mol.